The molecule has 280 valence electrons. The number of hydrogen-bond acceptors (Lipinski definition) is 0. The molecule has 2 aliphatic rings. The molecule has 2 unspecified atom stereocenters. The number of aryl methyl sites for hydroxylation is 2. The fourth-order valence-corrected chi connectivity index (χ4v) is 9.25. The summed E-state index contributed by atoms with van der Waals surface area (Å²) in [6, 6.07) is 54.9. The molecule has 0 aromatic heterocycles. The predicted molar refractivity (Wildman–Crippen MR) is 236 cm³/mol. The molecule has 0 aliphatic heterocycles. The fraction of sp³-hybridized carbons (Fsp3) is 0.255. The zero-order valence-corrected chi connectivity index (χ0v) is 36.3. The zero-order chi connectivity index (χ0) is 39.1. The summed E-state index contributed by atoms with van der Waals surface area (Å²) in [5, 5.41) is 0. The molecular weight excluding hydrogens is 752 g/mol. The average molecular weight is 808 g/mol. The van der Waals surface area contributed by atoms with Crippen LogP contribution in [0.15, 0.2) is 158 Å². The molecule has 0 saturated heterocycles. The quantitative estimate of drug-likeness (QED) is 0.108. The molecule has 0 bridgehead atoms. The summed E-state index contributed by atoms with van der Waals surface area (Å²) >= 11 is 1.55. The van der Waals surface area contributed by atoms with Crippen molar-refractivity contribution in [3.63, 3.8) is 0 Å². The van der Waals surface area contributed by atoms with Crippen LogP contribution in [0.5, 0.6) is 0 Å². The average Bonchev–Trinajstić information content (AvgIpc) is 3.92. The first-order valence-corrected chi connectivity index (χ1v) is 21.8. The third-order valence-corrected chi connectivity index (χ3v) is 11.8. The molecular formula is C55H56Zr. The predicted octanol–water partition coefficient (Wildman–Crippen LogP) is 14.0. The second kappa shape index (κ2) is 21.2. The zero-order valence-electron chi connectivity index (χ0n) is 33.8. The third kappa shape index (κ3) is 11.1. The van der Waals surface area contributed by atoms with Gasteiger partial charge < -0.3 is 0 Å². The van der Waals surface area contributed by atoms with Crippen molar-refractivity contribution in [3.8, 4) is 11.1 Å². The van der Waals surface area contributed by atoms with Crippen LogP contribution >= 0.6 is 0 Å². The van der Waals surface area contributed by atoms with E-state index in [1.54, 1.807) is 27.4 Å². The van der Waals surface area contributed by atoms with Crippen LogP contribution in [-0.2, 0) is 43.5 Å². The van der Waals surface area contributed by atoms with Crippen molar-refractivity contribution >= 4 is 3.21 Å². The van der Waals surface area contributed by atoms with E-state index < -0.39 is 0 Å². The first-order chi connectivity index (χ1) is 27.4. The van der Waals surface area contributed by atoms with Gasteiger partial charge >= 0.3 is 112 Å². The summed E-state index contributed by atoms with van der Waals surface area (Å²) in [5.41, 5.74) is 17.0. The Kier molecular flexibility index (Phi) is 15.6. The van der Waals surface area contributed by atoms with E-state index in [1.165, 1.54) is 86.0 Å². The standard InChI is InChI=1S/C35H37.C15H14.C5H5.Zr/c1-5-13-30(26-15-9-7-10-16-26)32-22-34-28(19-24(32)3)21-29-20-25(4)33(23-35(29)34)31(14-6-2)27-17-11-8-12-18-27;1-3-8-14(9-4-1)12-7-13-15-10-5-2-6-11-15;1-2-4-5-3-1;/h7-12,15-19,22-23,30-31H,5-6,13-14,21H2,1-4H3;1-6,8-11H,12-13H2;1-3H,4H2;/q-1;;-1;+2. The minimum atomic E-state index is 0.425. The molecule has 8 rings (SSSR count). The summed E-state index contributed by atoms with van der Waals surface area (Å²) in [4.78, 5) is 0. The van der Waals surface area contributed by atoms with E-state index in [2.05, 4.69) is 185 Å². The molecule has 2 aliphatic carbocycles. The van der Waals surface area contributed by atoms with Gasteiger partial charge in [0.2, 0.25) is 0 Å². The molecule has 2 atom stereocenters. The van der Waals surface area contributed by atoms with Crippen molar-refractivity contribution in [1.82, 2.24) is 0 Å². The van der Waals surface area contributed by atoms with Crippen LogP contribution in [-0.4, -0.2) is 3.21 Å². The summed E-state index contributed by atoms with van der Waals surface area (Å²) in [5.74, 6) is 0.871. The van der Waals surface area contributed by atoms with Crippen molar-refractivity contribution in [2.75, 3.05) is 0 Å². The van der Waals surface area contributed by atoms with Crippen LogP contribution in [0.4, 0.5) is 0 Å². The van der Waals surface area contributed by atoms with Gasteiger partial charge in [-0.2, -0.15) is 23.8 Å². The second-order valence-corrected chi connectivity index (χ2v) is 17.0. The van der Waals surface area contributed by atoms with Gasteiger partial charge in [0.25, 0.3) is 0 Å². The molecule has 0 nitrogen and oxygen atoms in total. The molecule has 6 aromatic carbocycles. The van der Waals surface area contributed by atoms with Crippen LogP contribution in [0.3, 0.4) is 0 Å². The minimum absolute atomic E-state index is 0.425. The molecule has 0 fully saturated rings. The first kappa shape index (κ1) is 41.2. The van der Waals surface area contributed by atoms with E-state index >= 15 is 0 Å². The van der Waals surface area contributed by atoms with Crippen molar-refractivity contribution in [2.24, 2.45) is 0 Å². The van der Waals surface area contributed by atoms with E-state index in [-0.39, 0.29) is 0 Å². The molecule has 0 saturated carbocycles. The molecule has 0 N–H and O–H groups in total. The maximum absolute atomic E-state index is 3.84. The maximum atomic E-state index is 3.84. The number of benzene rings is 6. The molecule has 6 aromatic rings. The Hall–Kier alpha value is -4.45. The summed E-state index contributed by atoms with van der Waals surface area (Å²) in [7, 11) is 0. The molecule has 0 heterocycles. The number of rotatable bonds is 12. The van der Waals surface area contributed by atoms with Crippen LogP contribution in [0, 0.1) is 26.0 Å². The second-order valence-electron chi connectivity index (χ2n) is 15.2. The Morgan fingerprint density at radius 2 is 1.12 bits per heavy atom. The Balaban J connectivity index is 0.000000207. The van der Waals surface area contributed by atoms with Crippen molar-refractivity contribution < 1.29 is 24.2 Å². The molecule has 0 radical (unpaired) electrons. The van der Waals surface area contributed by atoms with Gasteiger partial charge in [-0.05, 0) is 47.9 Å². The van der Waals surface area contributed by atoms with Gasteiger partial charge in [0, 0.05) is 5.92 Å². The van der Waals surface area contributed by atoms with Gasteiger partial charge in [-0.1, -0.05) is 124 Å². The van der Waals surface area contributed by atoms with Gasteiger partial charge in [0.15, 0.2) is 0 Å². The molecule has 0 spiro atoms. The topological polar surface area (TPSA) is 0 Å². The Labute approximate surface area is 352 Å². The van der Waals surface area contributed by atoms with Crippen molar-refractivity contribution in [2.45, 2.75) is 90.9 Å². The Morgan fingerprint density at radius 3 is 1.59 bits per heavy atom. The van der Waals surface area contributed by atoms with Crippen LogP contribution in [0.25, 0.3) is 11.1 Å². The third-order valence-electron chi connectivity index (χ3n) is 11.0. The Morgan fingerprint density at radius 1 is 0.625 bits per heavy atom. The van der Waals surface area contributed by atoms with Gasteiger partial charge in [0.05, 0.1) is 0 Å². The van der Waals surface area contributed by atoms with Gasteiger partial charge in [0.1, 0.15) is 0 Å². The van der Waals surface area contributed by atoms with E-state index in [1.807, 2.05) is 12.2 Å². The number of allylic oxidation sites excluding steroid dienone is 4. The van der Waals surface area contributed by atoms with Crippen LogP contribution in [0.1, 0.15) is 113 Å². The monoisotopic (exact) mass is 806 g/mol. The number of fused-ring (bicyclic) bond motifs is 3. The normalized spacial score (nSPS) is 13.1. The Bertz CT molecular complexity index is 2040. The van der Waals surface area contributed by atoms with Gasteiger partial charge in [-0.25, -0.2) is 12.2 Å². The van der Waals surface area contributed by atoms with Crippen molar-refractivity contribution in [1.29, 1.82) is 0 Å². The summed E-state index contributed by atoms with van der Waals surface area (Å²) in [6.45, 7) is 9.16. The van der Waals surface area contributed by atoms with E-state index in [0.29, 0.717) is 11.8 Å². The summed E-state index contributed by atoms with van der Waals surface area (Å²) < 4.78 is 1.60. The van der Waals surface area contributed by atoms with Crippen LogP contribution in [0.2, 0.25) is 0 Å². The van der Waals surface area contributed by atoms with E-state index in [4.69, 9.17) is 0 Å². The first-order valence-electron chi connectivity index (χ1n) is 20.6. The van der Waals surface area contributed by atoms with Gasteiger partial charge in [-0.3, -0.25) is 6.08 Å². The SMILES string of the molecule is CCCC(c1ccccc1)c1cc2c([c-]c1C)Cc1cc(C)c(C(CCC)c3ccccc3)cc1-2.[C-]1=CC=CC1.[Zr+2]=[C](Cc1ccccc1)Cc1ccccc1. The number of hydrogen-bond donors (Lipinski definition) is 0. The fourth-order valence-electron chi connectivity index (χ4n) is 8.24. The van der Waals surface area contributed by atoms with E-state index in [9.17, 15) is 0 Å². The van der Waals surface area contributed by atoms with Crippen molar-refractivity contribution in [3.05, 3.63) is 226 Å². The van der Waals surface area contributed by atoms with E-state index in [0.717, 1.165) is 32.1 Å². The van der Waals surface area contributed by atoms with Gasteiger partial charge in [-0.15, -0.1) is 23.1 Å². The molecule has 1 heteroatoms. The molecule has 56 heavy (non-hydrogen) atoms. The molecule has 0 amide bonds. The summed E-state index contributed by atoms with van der Waals surface area (Å²) in [6.07, 6.45) is 17.9. The van der Waals surface area contributed by atoms with Crippen LogP contribution < -0.4 is 0 Å².